The van der Waals surface area contributed by atoms with E-state index >= 15 is 0 Å². The molecule has 0 aliphatic carbocycles. The molecule has 1 rings (SSSR count). The second-order valence-corrected chi connectivity index (χ2v) is 7.22. The lowest BCUT2D eigenvalue weighted by Crippen LogP contribution is -2.21. The van der Waals surface area contributed by atoms with Crippen LogP contribution < -0.4 is 0 Å². The van der Waals surface area contributed by atoms with Gasteiger partial charge in [-0.3, -0.25) is 0 Å². The minimum atomic E-state index is -0.356. The highest BCUT2D eigenvalue weighted by Gasteiger charge is 2.09. The molecule has 1 nitrogen and oxygen atoms in total. The van der Waals surface area contributed by atoms with Crippen LogP contribution in [0.3, 0.4) is 0 Å². The van der Waals surface area contributed by atoms with Crippen molar-refractivity contribution in [2.24, 2.45) is 0 Å². The number of rotatable bonds is 4. The SMILES string of the molecule is CC(C)(C)O[SiH2]CCc1ccccc1I. The Bertz CT molecular complexity index is 307. The van der Waals surface area contributed by atoms with Crippen LogP contribution >= 0.6 is 22.6 Å². The second-order valence-electron chi connectivity index (χ2n) is 4.66. The first-order valence-electron chi connectivity index (χ1n) is 5.36. The Morgan fingerprint density at radius 1 is 1.27 bits per heavy atom. The highest BCUT2D eigenvalue weighted by atomic mass is 127. The van der Waals surface area contributed by atoms with Crippen molar-refractivity contribution in [3.63, 3.8) is 0 Å². The molecule has 0 unspecified atom stereocenters. The van der Waals surface area contributed by atoms with E-state index in [-0.39, 0.29) is 15.4 Å². The van der Waals surface area contributed by atoms with Crippen molar-refractivity contribution in [1.82, 2.24) is 0 Å². The minimum absolute atomic E-state index is 0.0517. The van der Waals surface area contributed by atoms with Crippen LogP contribution in [0.15, 0.2) is 24.3 Å². The Balaban J connectivity index is 2.30. The molecule has 1 aromatic rings. The third-order valence-electron chi connectivity index (χ3n) is 2.08. The third kappa shape index (κ3) is 5.68. The highest BCUT2D eigenvalue weighted by Crippen LogP contribution is 2.14. The summed E-state index contributed by atoms with van der Waals surface area (Å²) in [6.07, 6.45) is 1.17. The molecule has 15 heavy (non-hydrogen) atoms. The van der Waals surface area contributed by atoms with Crippen LogP contribution in [0.25, 0.3) is 0 Å². The molecule has 1 aromatic carbocycles. The van der Waals surface area contributed by atoms with E-state index in [9.17, 15) is 0 Å². The summed E-state index contributed by atoms with van der Waals surface area (Å²) < 4.78 is 7.20. The van der Waals surface area contributed by atoms with Gasteiger partial charge in [0.2, 0.25) is 0 Å². The lowest BCUT2D eigenvalue weighted by atomic mass is 10.2. The summed E-state index contributed by atoms with van der Waals surface area (Å²) in [6.45, 7) is 6.39. The maximum atomic E-state index is 5.83. The van der Waals surface area contributed by atoms with Gasteiger partial charge in [0, 0.05) is 9.17 Å². The summed E-state index contributed by atoms with van der Waals surface area (Å²) in [5.74, 6) is 0. The van der Waals surface area contributed by atoms with E-state index in [1.54, 1.807) is 0 Å². The molecule has 84 valence electrons. The van der Waals surface area contributed by atoms with Gasteiger partial charge in [-0.05, 0) is 67.5 Å². The van der Waals surface area contributed by atoms with E-state index in [4.69, 9.17) is 4.43 Å². The van der Waals surface area contributed by atoms with Crippen molar-refractivity contribution in [2.75, 3.05) is 0 Å². The van der Waals surface area contributed by atoms with Crippen LogP contribution in [-0.2, 0) is 10.8 Å². The lowest BCUT2D eigenvalue weighted by Gasteiger charge is -2.19. The number of hydrogen-bond donors (Lipinski definition) is 0. The Morgan fingerprint density at radius 2 is 1.93 bits per heavy atom. The molecule has 0 fully saturated rings. The maximum absolute atomic E-state index is 5.83. The molecule has 0 aliphatic rings. The van der Waals surface area contributed by atoms with Crippen molar-refractivity contribution >= 4 is 32.4 Å². The fraction of sp³-hybridized carbons (Fsp3) is 0.500. The van der Waals surface area contributed by atoms with Crippen LogP contribution in [0.4, 0.5) is 0 Å². The number of benzene rings is 1. The zero-order chi connectivity index (χ0) is 11.3. The molecule has 0 saturated heterocycles. The summed E-state index contributed by atoms with van der Waals surface area (Å²) in [6, 6.07) is 9.82. The predicted molar refractivity (Wildman–Crippen MR) is 77.1 cm³/mol. The molecule has 0 heterocycles. The van der Waals surface area contributed by atoms with Crippen molar-refractivity contribution in [1.29, 1.82) is 0 Å². The first kappa shape index (κ1) is 13.2. The monoisotopic (exact) mass is 334 g/mol. The third-order valence-corrected chi connectivity index (χ3v) is 4.85. The van der Waals surface area contributed by atoms with Crippen molar-refractivity contribution in [3.8, 4) is 0 Å². The Hall–Kier alpha value is 0.127. The van der Waals surface area contributed by atoms with Crippen LogP contribution in [0.5, 0.6) is 0 Å². The van der Waals surface area contributed by atoms with E-state index in [0.29, 0.717) is 0 Å². The van der Waals surface area contributed by atoms with Crippen LogP contribution in [0, 0.1) is 3.57 Å². The Labute approximate surface area is 109 Å². The molecular weight excluding hydrogens is 315 g/mol. The lowest BCUT2D eigenvalue weighted by molar-refractivity contribution is 0.138. The molecule has 0 amide bonds. The summed E-state index contributed by atoms with van der Waals surface area (Å²) in [5.41, 5.74) is 1.51. The van der Waals surface area contributed by atoms with Crippen molar-refractivity contribution in [2.45, 2.75) is 38.8 Å². The molecule has 0 spiro atoms. The highest BCUT2D eigenvalue weighted by molar-refractivity contribution is 14.1. The average molecular weight is 334 g/mol. The van der Waals surface area contributed by atoms with Crippen molar-refractivity contribution < 1.29 is 4.43 Å². The fourth-order valence-electron chi connectivity index (χ4n) is 1.34. The van der Waals surface area contributed by atoms with E-state index < -0.39 is 0 Å². The van der Waals surface area contributed by atoms with Crippen LogP contribution in [0.2, 0.25) is 6.04 Å². The van der Waals surface area contributed by atoms with Gasteiger partial charge in [0.15, 0.2) is 9.76 Å². The summed E-state index contributed by atoms with van der Waals surface area (Å²) in [5, 5.41) is 0. The van der Waals surface area contributed by atoms with Crippen LogP contribution in [0.1, 0.15) is 26.3 Å². The van der Waals surface area contributed by atoms with Gasteiger partial charge in [-0.2, -0.15) is 0 Å². The largest absolute Gasteiger partial charge is 0.419 e. The van der Waals surface area contributed by atoms with Gasteiger partial charge in [0.1, 0.15) is 0 Å². The summed E-state index contributed by atoms with van der Waals surface area (Å²) in [4.78, 5) is 0. The van der Waals surface area contributed by atoms with Gasteiger partial charge in [-0.15, -0.1) is 0 Å². The normalized spacial score (nSPS) is 12.5. The minimum Gasteiger partial charge on any atom is -0.419 e. The maximum Gasteiger partial charge on any atom is 0.162 e. The zero-order valence-corrected chi connectivity index (χ0v) is 13.3. The predicted octanol–water partition coefficient (Wildman–Crippen LogP) is 3.15. The van der Waals surface area contributed by atoms with E-state index in [2.05, 4.69) is 67.6 Å². The first-order chi connectivity index (χ1) is 6.99. The molecule has 0 bridgehead atoms. The van der Waals surface area contributed by atoms with Crippen molar-refractivity contribution in [3.05, 3.63) is 33.4 Å². The fourth-order valence-corrected chi connectivity index (χ4v) is 3.28. The number of hydrogen-bond acceptors (Lipinski definition) is 1. The summed E-state index contributed by atoms with van der Waals surface area (Å²) in [7, 11) is -0.356. The van der Waals surface area contributed by atoms with Gasteiger partial charge >= 0.3 is 0 Å². The average Bonchev–Trinajstić information content (AvgIpc) is 2.13. The van der Waals surface area contributed by atoms with E-state index in [1.165, 1.54) is 21.6 Å². The van der Waals surface area contributed by atoms with E-state index in [0.717, 1.165) is 0 Å². The molecule has 0 saturated carbocycles. The van der Waals surface area contributed by atoms with Gasteiger partial charge in [0.05, 0.1) is 0 Å². The Morgan fingerprint density at radius 3 is 2.53 bits per heavy atom. The molecule has 0 aliphatic heterocycles. The first-order valence-corrected chi connectivity index (χ1v) is 8.02. The van der Waals surface area contributed by atoms with Crippen LogP contribution in [-0.4, -0.2) is 15.4 Å². The smallest absolute Gasteiger partial charge is 0.162 e. The summed E-state index contributed by atoms with van der Waals surface area (Å²) >= 11 is 2.40. The molecule has 0 atom stereocenters. The molecule has 0 aromatic heterocycles. The molecule has 0 radical (unpaired) electrons. The topological polar surface area (TPSA) is 9.23 Å². The molecule has 0 N–H and O–H groups in total. The number of aryl methyl sites for hydroxylation is 1. The van der Waals surface area contributed by atoms with Gasteiger partial charge in [-0.25, -0.2) is 0 Å². The standard InChI is InChI=1S/C12H19IOSi/c1-12(2,3)14-15-9-8-10-6-4-5-7-11(10)13/h4-7H,8-9,15H2,1-3H3. The molecular formula is C12H19IOSi. The second kappa shape index (κ2) is 6.01. The van der Waals surface area contributed by atoms with Gasteiger partial charge < -0.3 is 4.43 Å². The number of halogens is 1. The van der Waals surface area contributed by atoms with Gasteiger partial charge in [0.25, 0.3) is 0 Å². The zero-order valence-electron chi connectivity index (χ0n) is 9.72. The Kier molecular flexibility index (Phi) is 5.29. The molecule has 3 heteroatoms. The van der Waals surface area contributed by atoms with Gasteiger partial charge in [-0.1, -0.05) is 18.2 Å². The quantitative estimate of drug-likeness (QED) is 0.467. The van der Waals surface area contributed by atoms with E-state index in [1.807, 2.05) is 0 Å².